The zero-order valence-corrected chi connectivity index (χ0v) is 20.3. The molecule has 1 aromatic carbocycles. The third kappa shape index (κ3) is 4.96. The van der Waals surface area contributed by atoms with Crippen LogP contribution in [0.15, 0.2) is 30.6 Å². The average molecular weight is 480 g/mol. The number of piperidine rings is 1. The molecule has 9 heteroatoms. The molecule has 3 amide bonds. The minimum Gasteiger partial charge on any atom is -0.489 e. The van der Waals surface area contributed by atoms with Crippen molar-refractivity contribution in [2.24, 2.45) is 0 Å². The van der Waals surface area contributed by atoms with E-state index in [1.165, 1.54) is 6.42 Å². The van der Waals surface area contributed by atoms with Gasteiger partial charge >= 0.3 is 0 Å². The maximum absolute atomic E-state index is 12.9. The second-order valence-corrected chi connectivity index (χ2v) is 10.1. The number of hydrogen-bond acceptors (Lipinski definition) is 6. The Morgan fingerprint density at radius 1 is 1.17 bits per heavy atom. The van der Waals surface area contributed by atoms with Crippen molar-refractivity contribution in [2.45, 2.75) is 89.7 Å². The molecular weight excluding hydrogens is 446 g/mol. The summed E-state index contributed by atoms with van der Waals surface area (Å²) in [6, 6.07) is 5.54. The van der Waals surface area contributed by atoms with Crippen LogP contribution in [0, 0.1) is 0 Å². The van der Waals surface area contributed by atoms with Crippen LogP contribution in [-0.4, -0.2) is 50.6 Å². The van der Waals surface area contributed by atoms with Crippen molar-refractivity contribution in [1.82, 2.24) is 25.3 Å². The second kappa shape index (κ2) is 9.81. The predicted octanol–water partition coefficient (Wildman–Crippen LogP) is 2.70. The van der Waals surface area contributed by atoms with Crippen molar-refractivity contribution < 1.29 is 19.1 Å². The van der Waals surface area contributed by atoms with Crippen molar-refractivity contribution in [2.75, 3.05) is 0 Å². The molecule has 1 saturated heterocycles. The summed E-state index contributed by atoms with van der Waals surface area (Å²) in [5.74, 6) is -0.0994. The molecule has 0 bridgehead atoms. The molecule has 2 aromatic rings. The zero-order chi connectivity index (χ0) is 24.5. The number of nitrogens with one attached hydrogen (secondary N) is 2. The van der Waals surface area contributed by atoms with E-state index in [9.17, 15) is 14.4 Å². The van der Waals surface area contributed by atoms with Gasteiger partial charge in [0.25, 0.3) is 5.91 Å². The maximum atomic E-state index is 12.9. The van der Waals surface area contributed by atoms with Crippen LogP contribution in [0.1, 0.15) is 79.9 Å². The molecule has 2 N–H and O–H groups in total. The Balaban J connectivity index is 1.23. The number of carbonyl (C=O) groups is 3. The average Bonchev–Trinajstić information content (AvgIpc) is 3.43. The summed E-state index contributed by atoms with van der Waals surface area (Å²) in [5, 5.41) is 10.4. The first-order valence-electron chi connectivity index (χ1n) is 12.6. The van der Waals surface area contributed by atoms with Gasteiger partial charge < -0.3 is 15.0 Å². The summed E-state index contributed by atoms with van der Waals surface area (Å²) in [5.41, 5.74) is 2.62. The first-order valence-corrected chi connectivity index (χ1v) is 12.6. The minimum atomic E-state index is -0.607. The lowest BCUT2D eigenvalue weighted by Gasteiger charge is -2.32. The van der Waals surface area contributed by atoms with Gasteiger partial charge in [-0.05, 0) is 63.3 Å². The van der Waals surface area contributed by atoms with Gasteiger partial charge in [0.2, 0.25) is 11.8 Å². The van der Waals surface area contributed by atoms with Crippen LogP contribution >= 0.6 is 0 Å². The van der Waals surface area contributed by atoms with E-state index >= 15 is 0 Å². The van der Waals surface area contributed by atoms with Crippen LogP contribution in [0.5, 0.6) is 5.75 Å². The van der Waals surface area contributed by atoms with E-state index in [-0.39, 0.29) is 30.4 Å². The second-order valence-electron chi connectivity index (χ2n) is 10.1. The molecule has 5 rings (SSSR count). The van der Waals surface area contributed by atoms with E-state index in [0.717, 1.165) is 42.7 Å². The molecule has 3 aliphatic rings. The van der Waals surface area contributed by atoms with Crippen LogP contribution in [0.3, 0.4) is 0 Å². The highest BCUT2D eigenvalue weighted by molar-refractivity contribution is 6.05. The quantitative estimate of drug-likeness (QED) is 0.592. The van der Waals surface area contributed by atoms with Crippen LogP contribution in [0.4, 0.5) is 0 Å². The number of carbonyl (C=O) groups excluding carboxylic acids is 3. The van der Waals surface area contributed by atoms with Crippen molar-refractivity contribution in [1.29, 1.82) is 0 Å². The van der Waals surface area contributed by atoms with Gasteiger partial charge in [-0.15, -0.1) is 0 Å². The summed E-state index contributed by atoms with van der Waals surface area (Å²) >= 11 is 0. The normalized spacial score (nSPS) is 24.6. The lowest BCUT2D eigenvalue weighted by molar-refractivity contribution is -0.136. The summed E-state index contributed by atoms with van der Waals surface area (Å²) in [6.45, 7) is 5.33. The topological polar surface area (TPSA) is 106 Å². The van der Waals surface area contributed by atoms with Crippen molar-refractivity contribution in [3.8, 4) is 5.75 Å². The van der Waals surface area contributed by atoms with Gasteiger partial charge in [-0.25, -0.2) is 0 Å². The monoisotopic (exact) mass is 479 g/mol. The lowest BCUT2D eigenvalue weighted by atomic mass is 9.92. The first kappa shape index (κ1) is 23.5. The van der Waals surface area contributed by atoms with Crippen molar-refractivity contribution in [3.63, 3.8) is 0 Å². The highest BCUT2D eigenvalue weighted by atomic mass is 16.5. The fraction of sp³-hybridized carbons (Fsp3) is 0.538. The van der Waals surface area contributed by atoms with Gasteiger partial charge in [0.1, 0.15) is 17.9 Å². The Morgan fingerprint density at radius 3 is 2.77 bits per heavy atom. The van der Waals surface area contributed by atoms with Gasteiger partial charge in [-0.2, -0.15) is 5.10 Å². The molecule has 0 spiro atoms. The third-order valence-corrected chi connectivity index (χ3v) is 7.24. The van der Waals surface area contributed by atoms with E-state index < -0.39 is 11.9 Å². The van der Waals surface area contributed by atoms with Crippen LogP contribution in [0.2, 0.25) is 0 Å². The molecule has 1 unspecified atom stereocenters. The van der Waals surface area contributed by atoms with Gasteiger partial charge in [0, 0.05) is 48.9 Å². The molecule has 186 valence electrons. The van der Waals surface area contributed by atoms with Gasteiger partial charge in [-0.1, -0.05) is 6.42 Å². The SMILES string of the molecule is CC(C)n1cc(CN[C@H]2CCCC[C@@H]2Oc2ccc3c(c2)CN(C2CCC(=O)NC2=O)C3=O)cn1. The lowest BCUT2D eigenvalue weighted by Crippen LogP contribution is -2.52. The minimum absolute atomic E-state index is 0.0466. The molecule has 0 radical (unpaired) electrons. The van der Waals surface area contributed by atoms with Gasteiger partial charge in [0.05, 0.1) is 6.20 Å². The molecule has 2 fully saturated rings. The van der Waals surface area contributed by atoms with Crippen LogP contribution in [0.25, 0.3) is 0 Å². The highest BCUT2D eigenvalue weighted by Crippen LogP contribution is 2.32. The Kier molecular flexibility index (Phi) is 6.60. The van der Waals surface area contributed by atoms with Crippen molar-refractivity contribution >= 4 is 17.7 Å². The van der Waals surface area contributed by atoms with E-state index in [1.807, 2.05) is 23.0 Å². The first-order chi connectivity index (χ1) is 16.9. The molecule has 3 heterocycles. The number of benzene rings is 1. The molecule has 35 heavy (non-hydrogen) atoms. The number of ether oxygens (including phenoxy) is 1. The smallest absolute Gasteiger partial charge is 0.255 e. The molecule has 1 saturated carbocycles. The number of rotatable bonds is 7. The molecule has 9 nitrogen and oxygen atoms in total. The van der Waals surface area contributed by atoms with Gasteiger partial charge in [0.15, 0.2) is 0 Å². The fourth-order valence-corrected chi connectivity index (χ4v) is 5.27. The van der Waals surface area contributed by atoms with Crippen LogP contribution < -0.4 is 15.4 Å². The maximum Gasteiger partial charge on any atom is 0.255 e. The van der Waals surface area contributed by atoms with Gasteiger partial charge in [-0.3, -0.25) is 24.4 Å². The highest BCUT2D eigenvalue weighted by Gasteiger charge is 2.39. The molecule has 3 atom stereocenters. The number of hydrogen-bond donors (Lipinski definition) is 2. The van der Waals surface area contributed by atoms with E-state index in [4.69, 9.17) is 4.74 Å². The van der Waals surface area contributed by atoms with E-state index in [0.29, 0.717) is 24.6 Å². The molecule has 1 aliphatic carbocycles. The van der Waals surface area contributed by atoms with E-state index in [1.54, 1.807) is 11.0 Å². The predicted molar refractivity (Wildman–Crippen MR) is 129 cm³/mol. The number of fused-ring (bicyclic) bond motifs is 1. The standard InChI is InChI=1S/C26H33N5O4/c1-16(2)31-14-17(13-28-31)12-27-21-5-3-4-6-23(21)35-19-7-8-20-18(11-19)15-30(26(20)34)22-9-10-24(32)29-25(22)33/h7-8,11,13-14,16,21-23,27H,3-6,9-10,12,15H2,1-2H3,(H,29,32,33)/t21-,22?,23-/m0/s1. The van der Waals surface area contributed by atoms with Crippen molar-refractivity contribution in [3.05, 3.63) is 47.3 Å². The number of aromatic nitrogens is 2. The van der Waals surface area contributed by atoms with E-state index in [2.05, 4.69) is 35.8 Å². The largest absolute Gasteiger partial charge is 0.489 e. The number of nitrogens with zero attached hydrogens (tertiary/aromatic N) is 3. The summed E-state index contributed by atoms with van der Waals surface area (Å²) < 4.78 is 8.41. The molecular formula is C26H33N5O4. The fourth-order valence-electron chi connectivity index (χ4n) is 5.27. The Morgan fingerprint density at radius 2 is 2.00 bits per heavy atom. The third-order valence-electron chi connectivity index (χ3n) is 7.24. The Hall–Kier alpha value is -3.20. The Labute approximate surface area is 205 Å². The zero-order valence-electron chi connectivity index (χ0n) is 20.3. The summed E-state index contributed by atoms with van der Waals surface area (Å²) in [7, 11) is 0. The molecule has 2 aliphatic heterocycles. The van der Waals surface area contributed by atoms with Crippen LogP contribution in [-0.2, 0) is 22.7 Å². The number of imide groups is 1. The number of amides is 3. The summed E-state index contributed by atoms with van der Waals surface area (Å²) in [4.78, 5) is 38.3. The summed E-state index contributed by atoms with van der Waals surface area (Å²) in [6.07, 6.45) is 8.98. The molecule has 1 aromatic heterocycles. The Bertz CT molecular complexity index is 1130.